The normalized spacial score (nSPS) is 11.4. The number of benzene rings is 1. The second-order valence-electron chi connectivity index (χ2n) is 4.96. The molecule has 4 rings (SSSR count). The molecule has 0 N–H and O–H groups in total. The summed E-state index contributed by atoms with van der Waals surface area (Å²) in [5.41, 5.74) is 0.610. The number of hydrogen-bond acceptors (Lipinski definition) is 6. The number of rotatable bonds is 4. The highest BCUT2D eigenvalue weighted by Crippen LogP contribution is 2.31. The van der Waals surface area contributed by atoms with E-state index in [9.17, 15) is 9.18 Å². The van der Waals surface area contributed by atoms with Gasteiger partial charge in [0.05, 0.1) is 27.6 Å². The van der Waals surface area contributed by atoms with Gasteiger partial charge in [-0.25, -0.2) is 9.37 Å². The quantitative estimate of drug-likeness (QED) is 0.383. The van der Waals surface area contributed by atoms with E-state index in [1.165, 1.54) is 52.3 Å². The molecule has 3 aromatic heterocycles. The molecule has 0 radical (unpaired) electrons. The van der Waals surface area contributed by atoms with E-state index in [0.717, 1.165) is 0 Å². The second-order valence-corrected chi connectivity index (χ2v) is 6.92. The van der Waals surface area contributed by atoms with Crippen LogP contribution in [0.3, 0.4) is 0 Å². The van der Waals surface area contributed by atoms with Gasteiger partial charge in [-0.05, 0) is 41.8 Å². The van der Waals surface area contributed by atoms with E-state index in [0.29, 0.717) is 26.0 Å². The lowest BCUT2D eigenvalue weighted by atomic mass is 10.3. The lowest BCUT2D eigenvalue weighted by molar-refractivity contribution is 0.0991. The number of fused-ring (bicyclic) bond motifs is 1. The number of anilines is 1. The lowest BCUT2D eigenvalue weighted by Gasteiger charge is -2.12. The molecule has 8 heteroatoms. The standard InChI is InChI=1S/C17H10FN3O2S2/c18-11-5-6-13-15(9-11)25-17(20-13)21(16(22)14-4-2-8-24-14)19-10-12-3-1-7-23-12/h1-10H/b19-10-. The number of halogens is 1. The van der Waals surface area contributed by atoms with Crippen molar-refractivity contribution in [3.05, 3.63) is 70.6 Å². The SMILES string of the molecule is O=C(c1cccs1)N(/N=C\c1ccco1)c1nc2ccc(F)cc2s1. The molecule has 124 valence electrons. The van der Waals surface area contributed by atoms with Crippen LogP contribution < -0.4 is 5.01 Å². The molecular weight excluding hydrogens is 361 g/mol. The summed E-state index contributed by atoms with van der Waals surface area (Å²) in [6, 6.07) is 11.3. The van der Waals surface area contributed by atoms with E-state index in [2.05, 4.69) is 10.1 Å². The zero-order valence-electron chi connectivity index (χ0n) is 12.6. The number of thiophene rings is 1. The minimum absolute atomic E-state index is 0.308. The van der Waals surface area contributed by atoms with Gasteiger partial charge in [0.2, 0.25) is 5.13 Å². The molecule has 25 heavy (non-hydrogen) atoms. The van der Waals surface area contributed by atoms with Crippen LogP contribution in [0, 0.1) is 5.82 Å². The maximum atomic E-state index is 13.4. The topological polar surface area (TPSA) is 58.7 Å². The molecule has 3 heterocycles. The fourth-order valence-corrected chi connectivity index (χ4v) is 3.74. The highest BCUT2D eigenvalue weighted by Gasteiger charge is 2.22. The molecule has 5 nitrogen and oxygen atoms in total. The van der Waals surface area contributed by atoms with Gasteiger partial charge in [0.15, 0.2) is 0 Å². The summed E-state index contributed by atoms with van der Waals surface area (Å²) >= 11 is 2.51. The predicted octanol–water partition coefficient (Wildman–Crippen LogP) is 4.77. The highest BCUT2D eigenvalue weighted by molar-refractivity contribution is 7.22. The number of aromatic nitrogens is 1. The Morgan fingerprint density at radius 3 is 2.96 bits per heavy atom. The van der Waals surface area contributed by atoms with Crippen LogP contribution in [0.1, 0.15) is 15.4 Å². The summed E-state index contributed by atoms with van der Waals surface area (Å²) in [6.07, 6.45) is 2.96. The van der Waals surface area contributed by atoms with Crippen LogP contribution in [0.15, 0.2) is 63.6 Å². The summed E-state index contributed by atoms with van der Waals surface area (Å²) < 4.78 is 19.3. The fraction of sp³-hybridized carbons (Fsp3) is 0. The minimum Gasteiger partial charge on any atom is -0.463 e. The van der Waals surface area contributed by atoms with Crippen LogP contribution in [0.5, 0.6) is 0 Å². The van der Waals surface area contributed by atoms with Gasteiger partial charge >= 0.3 is 0 Å². The molecule has 0 saturated carbocycles. The Hall–Kier alpha value is -2.84. The van der Waals surface area contributed by atoms with Crippen molar-refractivity contribution >= 4 is 50.1 Å². The number of hydrogen-bond donors (Lipinski definition) is 0. The summed E-state index contributed by atoms with van der Waals surface area (Å²) in [5.74, 6) is -0.147. The Morgan fingerprint density at radius 1 is 1.28 bits per heavy atom. The first-order valence-corrected chi connectivity index (χ1v) is 8.92. The minimum atomic E-state index is -0.349. The van der Waals surface area contributed by atoms with Crippen LogP contribution in [0.2, 0.25) is 0 Å². The van der Waals surface area contributed by atoms with Gasteiger partial charge in [0.25, 0.3) is 5.91 Å². The van der Waals surface area contributed by atoms with Gasteiger partial charge in [-0.15, -0.1) is 11.3 Å². The molecule has 0 saturated heterocycles. The van der Waals surface area contributed by atoms with Gasteiger partial charge in [-0.2, -0.15) is 10.1 Å². The van der Waals surface area contributed by atoms with Crippen LogP contribution in [0.4, 0.5) is 9.52 Å². The number of carbonyl (C=O) groups is 1. The van der Waals surface area contributed by atoms with E-state index in [-0.39, 0.29) is 11.7 Å². The highest BCUT2D eigenvalue weighted by atomic mass is 32.1. The maximum absolute atomic E-state index is 13.4. The fourth-order valence-electron chi connectivity index (χ4n) is 2.15. The van der Waals surface area contributed by atoms with Gasteiger partial charge in [-0.3, -0.25) is 4.79 Å². The molecule has 4 aromatic rings. The molecule has 0 spiro atoms. The average Bonchev–Trinajstić information content (AvgIpc) is 3.36. The first-order valence-electron chi connectivity index (χ1n) is 7.22. The van der Waals surface area contributed by atoms with Gasteiger partial charge in [-0.1, -0.05) is 17.4 Å². The molecule has 0 bridgehead atoms. The maximum Gasteiger partial charge on any atom is 0.290 e. The Labute approximate surface area is 149 Å². The third-order valence-corrected chi connectivity index (χ3v) is 5.14. The summed E-state index contributed by atoms with van der Waals surface area (Å²) in [4.78, 5) is 17.7. The number of thiazole rings is 1. The average molecular weight is 371 g/mol. The monoisotopic (exact) mass is 371 g/mol. The van der Waals surface area contributed by atoms with Crippen molar-refractivity contribution in [2.45, 2.75) is 0 Å². The van der Waals surface area contributed by atoms with Gasteiger partial charge < -0.3 is 4.42 Å². The molecule has 1 amide bonds. The van der Waals surface area contributed by atoms with E-state index >= 15 is 0 Å². The lowest BCUT2D eigenvalue weighted by Crippen LogP contribution is -2.24. The molecule has 0 fully saturated rings. The van der Waals surface area contributed by atoms with Crippen LogP contribution in [0.25, 0.3) is 10.2 Å². The van der Waals surface area contributed by atoms with Crippen LogP contribution in [-0.2, 0) is 0 Å². The predicted molar refractivity (Wildman–Crippen MR) is 97.0 cm³/mol. The van der Waals surface area contributed by atoms with Crippen molar-refractivity contribution in [2.24, 2.45) is 5.10 Å². The zero-order chi connectivity index (χ0) is 17.2. The third-order valence-electron chi connectivity index (χ3n) is 3.29. The van der Waals surface area contributed by atoms with Crippen LogP contribution >= 0.6 is 22.7 Å². The van der Waals surface area contributed by atoms with Crippen molar-refractivity contribution in [2.75, 3.05) is 5.01 Å². The Balaban J connectivity index is 1.76. The van der Waals surface area contributed by atoms with Crippen LogP contribution in [-0.4, -0.2) is 17.1 Å². The van der Waals surface area contributed by atoms with Crippen molar-refractivity contribution in [3.8, 4) is 0 Å². The Kier molecular flexibility index (Phi) is 4.12. The number of carbonyl (C=O) groups excluding carboxylic acids is 1. The summed E-state index contributed by atoms with van der Waals surface area (Å²) in [6.45, 7) is 0. The molecule has 1 aromatic carbocycles. The molecular formula is C17H10FN3O2S2. The smallest absolute Gasteiger partial charge is 0.290 e. The number of furan rings is 1. The van der Waals surface area contributed by atoms with E-state index < -0.39 is 0 Å². The molecule has 0 atom stereocenters. The number of nitrogens with zero attached hydrogens (tertiary/aromatic N) is 3. The van der Waals surface area contributed by atoms with Crippen molar-refractivity contribution in [3.63, 3.8) is 0 Å². The van der Waals surface area contributed by atoms with Crippen molar-refractivity contribution in [1.82, 2.24) is 4.98 Å². The van der Waals surface area contributed by atoms with Crippen molar-refractivity contribution < 1.29 is 13.6 Å². The third kappa shape index (κ3) is 3.21. The number of hydrazone groups is 1. The Bertz CT molecular complexity index is 1040. The summed E-state index contributed by atoms with van der Waals surface area (Å²) in [5, 5.41) is 7.62. The second kappa shape index (κ2) is 6.58. The molecule has 0 aliphatic heterocycles. The molecule has 0 unspecified atom stereocenters. The molecule has 0 aliphatic rings. The van der Waals surface area contributed by atoms with E-state index in [4.69, 9.17) is 4.42 Å². The van der Waals surface area contributed by atoms with Gasteiger partial charge in [0, 0.05) is 0 Å². The van der Waals surface area contributed by atoms with Crippen molar-refractivity contribution in [1.29, 1.82) is 0 Å². The first kappa shape index (κ1) is 15.7. The first-order chi connectivity index (χ1) is 12.2. The summed E-state index contributed by atoms with van der Waals surface area (Å²) in [7, 11) is 0. The molecule has 0 aliphatic carbocycles. The largest absolute Gasteiger partial charge is 0.463 e. The number of amides is 1. The zero-order valence-corrected chi connectivity index (χ0v) is 14.3. The van der Waals surface area contributed by atoms with E-state index in [1.54, 1.807) is 30.3 Å². The van der Waals surface area contributed by atoms with E-state index in [1.807, 2.05) is 5.38 Å². The van der Waals surface area contributed by atoms with Gasteiger partial charge in [0.1, 0.15) is 11.6 Å². The Morgan fingerprint density at radius 2 is 2.20 bits per heavy atom.